The number of thiazole rings is 1. The Hall–Kier alpha value is -1.93. The quantitative estimate of drug-likeness (QED) is 0.586. The molecule has 0 aliphatic heterocycles. The normalized spacial score (nSPS) is 11.5. The number of rotatable bonds is 3. The number of nitrogens with zero attached hydrogens (tertiary/aromatic N) is 1. The third kappa shape index (κ3) is 2.52. The lowest BCUT2D eigenvalue weighted by Crippen LogP contribution is -1.89. The van der Waals surface area contributed by atoms with Crippen LogP contribution in [-0.4, -0.2) is 4.98 Å². The van der Waals surface area contributed by atoms with Gasteiger partial charge in [-0.3, -0.25) is 0 Å². The minimum Gasteiger partial charge on any atom is -0.236 e. The summed E-state index contributed by atoms with van der Waals surface area (Å²) >= 11 is 1.77. The van der Waals surface area contributed by atoms with Crippen LogP contribution in [0.5, 0.6) is 0 Å². The highest BCUT2D eigenvalue weighted by molar-refractivity contribution is 7.21. The first-order valence-electron chi connectivity index (χ1n) is 6.84. The summed E-state index contributed by atoms with van der Waals surface area (Å²) in [6, 6.07) is 15.0. The van der Waals surface area contributed by atoms with E-state index in [-0.39, 0.29) is 0 Å². The first-order chi connectivity index (χ1) is 9.78. The van der Waals surface area contributed by atoms with Gasteiger partial charge in [-0.2, -0.15) is 0 Å². The molecule has 3 rings (SSSR count). The predicted octanol–water partition coefficient (Wildman–Crippen LogP) is 5.39. The van der Waals surface area contributed by atoms with Gasteiger partial charge in [-0.25, -0.2) is 4.98 Å². The summed E-state index contributed by atoms with van der Waals surface area (Å²) in [5, 5.41) is 1.12. The summed E-state index contributed by atoms with van der Waals surface area (Å²) < 4.78 is 1.25. The molecule has 0 saturated heterocycles. The maximum atomic E-state index is 4.79. The first kappa shape index (κ1) is 13.1. The molecule has 2 aromatic carbocycles. The zero-order valence-electron chi connectivity index (χ0n) is 11.8. The average molecular weight is 279 g/mol. The number of aryl methyl sites for hydroxylation is 1. The van der Waals surface area contributed by atoms with E-state index in [2.05, 4.69) is 62.4 Å². The van der Waals surface area contributed by atoms with Crippen molar-refractivity contribution >= 4 is 21.6 Å². The summed E-state index contributed by atoms with van der Waals surface area (Å²) in [5.74, 6) is 0. The van der Waals surface area contributed by atoms with Crippen molar-refractivity contribution in [3.8, 4) is 10.6 Å². The van der Waals surface area contributed by atoms with Crippen molar-refractivity contribution in [1.29, 1.82) is 0 Å². The Kier molecular flexibility index (Phi) is 3.66. The van der Waals surface area contributed by atoms with Gasteiger partial charge in [-0.1, -0.05) is 42.0 Å². The van der Waals surface area contributed by atoms with Gasteiger partial charge in [0.05, 0.1) is 10.2 Å². The van der Waals surface area contributed by atoms with Gasteiger partial charge in [-0.15, -0.1) is 11.3 Å². The van der Waals surface area contributed by atoms with Crippen LogP contribution in [0, 0.1) is 6.92 Å². The van der Waals surface area contributed by atoms with Crippen LogP contribution in [0.4, 0.5) is 0 Å². The molecule has 20 heavy (non-hydrogen) atoms. The Morgan fingerprint density at radius 2 is 2.00 bits per heavy atom. The number of hydrogen-bond acceptors (Lipinski definition) is 2. The molecular weight excluding hydrogens is 262 g/mol. The van der Waals surface area contributed by atoms with E-state index in [4.69, 9.17) is 4.98 Å². The molecule has 100 valence electrons. The molecule has 0 saturated carbocycles. The molecule has 0 aliphatic carbocycles. The zero-order valence-corrected chi connectivity index (χ0v) is 12.6. The number of aromatic nitrogens is 1. The smallest absolute Gasteiger partial charge is 0.124 e. The fourth-order valence-corrected chi connectivity index (χ4v) is 3.32. The third-order valence-electron chi connectivity index (χ3n) is 3.36. The predicted molar refractivity (Wildman–Crippen MR) is 88.3 cm³/mol. The van der Waals surface area contributed by atoms with E-state index in [9.17, 15) is 0 Å². The van der Waals surface area contributed by atoms with Gasteiger partial charge >= 0.3 is 0 Å². The topological polar surface area (TPSA) is 12.9 Å². The number of para-hydroxylation sites is 1. The summed E-state index contributed by atoms with van der Waals surface area (Å²) in [6.07, 6.45) is 5.26. The number of benzene rings is 2. The van der Waals surface area contributed by atoms with Gasteiger partial charge in [0.25, 0.3) is 0 Å². The summed E-state index contributed by atoms with van der Waals surface area (Å²) in [7, 11) is 0. The van der Waals surface area contributed by atoms with E-state index in [0.29, 0.717) is 0 Å². The number of allylic oxidation sites excluding steroid dienone is 2. The average Bonchev–Trinajstić information content (AvgIpc) is 2.89. The van der Waals surface area contributed by atoms with E-state index in [0.717, 1.165) is 16.9 Å². The van der Waals surface area contributed by atoms with Gasteiger partial charge < -0.3 is 0 Å². The zero-order chi connectivity index (χ0) is 13.9. The molecule has 2 heteroatoms. The van der Waals surface area contributed by atoms with Crippen LogP contribution in [0.1, 0.15) is 18.1 Å². The maximum Gasteiger partial charge on any atom is 0.124 e. The Morgan fingerprint density at radius 1 is 1.15 bits per heavy atom. The second-order valence-corrected chi connectivity index (χ2v) is 5.95. The summed E-state index contributed by atoms with van der Waals surface area (Å²) in [4.78, 5) is 4.79. The van der Waals surface area contributed by atoms with Gasteiger partial charge in [0.1, 0.15) is 5.01 Å². The lowest BCUT2D eigenvalue weighted by Gasteiger charge is -2.06. The Morgan fingerprint density at radius 3 is 2.80 bits per heavy atom. The van der Waals surface area contributed by atoms with Crippen molar-refractivity contribution in [3.63, 3.8) is 0 Å². The molecule has 0 atom stereocenters. The molecule has 1 heterocycles. The standard InChI is InChI=1S/C18H17NS/c1-3-4-7-14-11-10-13(2)12-15(14)18-19-16-8-5-6-9-17(16)20-18/h3-6,8-12H,7H2,1-2H3/b4-3+. The fourth-order valence-electron chi connectivity index (χ4n) is 2.30. The maximum absolute atomic E-state index is 4.79. The van der Waals surface area contributed by atoms with Crippen LogP contribution in [0.2, 0.25) is 0 Å². The van der Waals surface area contributed by atoms with Gasteiger partial charge in [0.2, 0.25) is 0 Å². The number of fused-ring (bicyclic) bond motifs is 1. The van der Waals surface area contributed by atoms with Gasteiger partial charge in [0, 0.05) is 5.56 Å². The van der Waals surface area contributed by atoms with Crippen molar-refractivity contribution in [2.45, 2.75) is 20.3 Å². The minimum atomic E-state index is 0.960. The second-order valence-electron chi connectivity index (χ2n) is 4.92. The molecule has 0 bridgehead atoms. The van der Waals surface area contributed by atoms with Crippen LogP contribution in [-0.2, 0) is 6.42 Å². The molecule has 0 spiro atoms. The summed E-state index contributed by atoms with van der Waals surface area (Å²) in [6.45, 7) is 4.20. The fraction of sp³-hybridized carbons (Fsp3) is 0.167. The lowest BCUT2D eigenvalue weighted by molar-refractivity contribution is 1.25. The van der Waals surface area contributed by atoms with Crippen LogP contribution >= 0.6 is 11.3 Å². The second kappa shape index (κ2) is 5.59. The van der Waals surface area contributed by atoms with E-state index in [1.165, 1.54) is 21.4 Å². The van der Waals surface area contributed by atoms with Crippen LogP contribution in [0.3, 0.4) is 0 Å². The Labute approximate surface area is 123 Å². The van der Waals surface area contributed by atoms with E-state index in [1.54, 1.807) is 11.3 Å². The van der Waals surface area contributed by atoms with E-state index >= 15 is 0 Å². The third-order valence-corrected chi connectivity index (χ3v) is 4.43. The molecule has 0 aliphatic rings. The number of hydrogen-bond donors (Lipinski definition) is 0. The van der Waals surface area contributed by atoms with E-state index < -0.39 is 0 Å². The molecule has 0 amide bonds. The lowest BCUT2D eigenvalue weighted by atomic mass is 10.0. The highest BCUT2D eigenvalue weighted by Crippen LogP contribution is 2.33. The van der Waals surface area contributed by atoms with Gasteiger partial charge in [-0.05, 0) is 44.0 Å². The van der Waals surface area contributed by atoms with Crippen molar-refractivity contribution < 1.29 is 0 Å². The first-order valence-corrected chi connectivity index (χ1v) is 7.66. The Bertz CT molecular complexity index is 735. The highest BCUT2D eigenvalue weighted by Gasteiger charge is 2.10. The van der Waals surface area contributed by atoms with Crippen molar-refractivity contribution in [3.05, 3.63) is 65.7 Å². The van der Waals surface area contributed by atoms with Crippen LogP contribution in [0.15, 0.2) is 54.6 Å². The monoisotopic (exact) mass is 279 g/mol. The minimum absolute atomic E-state index is 0.960. The van der Waals surface area contributed by atoms with Crippen LogP contribution < -0.4 is 0 Å². The molecule has 0 fully saturated rings. The van der Waals surface area contributed by atoms with Crippen molar-refractivity contribution in [1.82, 2.24) is 4.98 Å². The Balaban J connectivity index is 2.14. The molecule has 0 N–H and O–H groups in total. The molecule has 1 aromatic heterocycles. The largest absolute Gasteiger partial charge is 0.236 e. The van der Waals surface area contributed by atoms with E-state index in [1.807, 2.05) is 6.07 Å². The molecule has 1 nitrogen and oxygen atoms in total. The summed E-state index contributed by atoms with van der Waals surface area (Å²) in [5.41, 5.74) is 4.98. The molecule has 0 radical (unpaired) electrons. The van der Waals surface area contributed by atoms with Crippen molar-refractivity contribution in [2.24, 2.45) is 0 Å². The highest BCUT2D eigenvalue weighted by atomic mass is 32.1. The SMILES string of the molecule is C/C=C/Cc1ccc(C)cc1-c1nc2ccccc2s1. The van der Waals surface area contributed by atoms with Crippen LogP contribution in [0.25, 0.3) is 20.8 Å². The molecule has 0 unspecified atom stereocenters. The van der Waals surface area contributed by atoms with Gasteiger partial charge in [0.15, 0.2) is 0 Å². The molecular formula is C18H17NS. The van der Waals surface area contributed by atoms with Crippen molar-refractivity contribution in [2.75, 3.05) is 0 Å². The molecule has 3 aromatic rings.